The van der Waals surface area contributed by atoms with Gasteiger partial charge < -0.3 is 14.7 Å². The van der Waals surface area contributed by atoms with Crippen LogP contribution in [0, 0.1) is 0 Å². The lowest BCUT2D eigenvalue weighted by Gasteiger charge is -2.40. The molecule has 2 rings (SSSR count). The van der Waals surface area contributed by atoms with Crippen LogP contribution in [-0.4, -0.2) is 36.4 Å². The maximum Gasteiger partial charge on any atom is 0.337 e. The van der Waals surface area contributed by atoms with Crippen LogP contribution in [0.25, 0.3) is 0 Å². The SMILES string of the molecule is C=CCOC1(C)CCN(c2cc(Br)ccc2C(=O)O)CC1. The number of carbonyl (C=O) groups is 1. The normalized spacial score (nSPS) is 17.5. The molecule has 1 saturated heterocycles. The summed E-state index contributed by atoms with van der Waals surface area (Å²) in [6.45, 7) is 7.89. The minimum atomic E-state index is -0.895. The molecule has 1 heterocycles. The Bertz CT molecular complexity index is 536. The Kier molecular flexibility index (Phi) is 5.06. The predicted octanol–water partition coefficient (Wildman–Crippen LogP) is 3.71. The summed E-state index contributed by atoms with van der Waals surface area (Å²) in [5, 5.41) is 9.33. The van der Waals surface area contributed by atoms with Gasteiger partial charge in [0.1, 0.15) is 0 Å². The fraction of sp³-hybridized carbons (Fsp3) is 0.438. The van der Waals surface area contributed by atoms with Crippen molar-refractivity contribution in [2.75, 3.05) is 24.6 Å². The minimum absolute atomic E-state index is 0.153. The summed E-state index contributed by atoms with van der Waals surface area (Å²) < 4.78 is 6.72. The van der Waals surface area contributed by atoms with E-state index in [9.17, 15) is 9.90 Å². The quantitative estimate of drug-likeness (QED) is 0.819. The van der Waals surface area contributed by atoms with Crippen molar-refractivity contribution in [3.8, 4) is 0 Å². The van der Waals surface area contributed by atoms with Gasteiger partial charge in [0.15, 0.2) is 0 Å². The van der Waals surface area contributed by atoms with E-state index in [0.717, 1.165) is 36.1 Å². The topological polar surface area (TPSA) is 49.8 Å². The Labute approximate surface area is 133 Å². The van der Waals surface area contributed by atoms with Crippen molar-refractivity contribution in [3.63, 3.8) is 0 Å². The zero-order chi connectivity index (χ0) is 15.5. The van der Waals surface area contributed by atoms with Gasteiger partial charge in [-0.1, -0.05) is 22.0 Å². The Morgan fingerprint density at radius 3 is 2.76 bits per heavy atom. The zero-order valence-corrected chi connectivity index (χ0v) is 13.7. The molecule has 1 fully saturated rings. The van der Waals surface area contributed by atoms with Crippen molar-refractivity contribution in [1.82, 2.24) is 0 Å². The van der Waals surface area contributed by atoms with Gasteiger partial charge in [0.2, 0.25) is 0 Å². The summed E-state index contributed by atoms with van der Waals surface area (Å²) in [5.74, 6) is -0.895. The highest BCUT2D eigenvalue weighted by molar-refractivity contribution is 9.10. The van der Waals surface area contributed by atoms with E-state index >= 15 is 0 Å². The Hall–Kier alpha value is -1.33. The maximum atomic E-state index is 11.4. The lowest BCUT2D eigenvalue weighted by Crippen LogP contribution is -2.44. The molecule has 1 aliphatic heterocycles. The van der Waals surface area contributed by atoms with Crippen LogP contribution in [0.5, 0.6) is 0 Å². The van der Waals surface area contributed by atoms with Crippen LogP contribution < -0.4 is 4.90 Å². The highest BCUT2D eigenvalue weighted by Gasteiger charge is 2.31. The first-order valence-electron chi connectivity index (χ1n) is 6.98. The maximum absolute atomic E-state index is 11.4. The molecule has 0 saturated carbocycles. The predicted molar refractivity (Wildman–Crippen MR) is 87.1 cm³/mol. The summed E-state index contributed by atoms with van der Waals surface area (Å²) in [4.78, 5) is 13.5. The second-order valence-electron chi connectivity index (χ2n) is 5.50. The fourth-order valence-corrected chi connectivity index (χ4v) is 2.92. The fourth-order valence-electron chi connectivity index (χ4n) is 2.57. The number of aromatic carboxylic acids is 1. The van der Waals surface area contributed by atoms with E-state index in [1.807, 2.05) is 6.07 Å². The van der Waals surface area contributed by atoms with E-state index in [-0.39, 0.29) is 5.60 Å². The second-order valence-corrected chi connectivity index (χ2v) is 6.42. The number of hydrogen-bond acceptors (Lipinski definition) is 3. The number of hydrogen-bond donors (Lipinski definition) is 1. The van der Waals surface area contributed by atoms with E-state index < -0.39 is 5.97 Å². The number of halogens is 1. The van der Waals surface area contributed by atoms with E-state index in [0.29, 0.717) is 12.2 Å². The van der Waals surface area contributed by atoms with Gasteiger partial charge in [-0.15, -0.1) is 6.58 Å². The van der Waals surface area contributed by atoms with Crippen LogP contribution in [0.1, 0.15) is 30.1 Å². The highest BCUT2D eigenvalue weighted by atomic mass is 79.9. The second kappa shape index (κ2) is 6.62. The summed E-state index contributed by atoms with van der Waals surface area (Å²) in [7, 11) is 0. The average molecular weight is 354 g/mol. The molecule has 0 aromatic heterocycles. The molecule has 114 valence electrons. The summed E-state index contributed by atoms with van der Waals surface area (Å²) in [6.07, 6.45) is 3.49. The zero-order valence-electron chi connectivity index (χ0n) is 12.1. The van der Waals surface area contributed by atoms with Crippen LogP contribution in [0.2, 0.25) is 0 Å². The van der Waals surface area contributed by atoms with Crippen molar-refractivity contribution in [1.29, 1.82) is 0 Å². The smallest absolute Gasteiger partial charge is 0.337 e. The molecule has 0 unspecified atom stereocenters. The van der Waals surface area contributed by atoms with Crippen LogP contribution in [-0.2, 0) is 4.74 Å². The molecular formula is C16H20BrNO3. The van der Waals surface area contributed by atoms with Gasteiger partial charge in [0, 0.05) is 17.6 Å². The van der Waals surface area contributed by atoms with Gasteiger partial charge in [-0.25, -0.2) is 4.79 Å². The van der Waals surface area contributed by atoms with Gasteiger partial charge >= 0.3 is 5.97 Å². The number of benzene rings is 1. The Morgan fingerprint density at radius 1 is 1.52 bits per heavy atom. The number of carboxylic acid groups (broad SMARTS) is 1. The molecule has 0 aliphatic carbocycles. The molecule has 1 aromatic rings. The number of piperidine rings is 1. The van der Waals surface area contributed by atoms with Gasteiger partial charge in [-0.05, 0) is 38.0 Å². The third-order valence-corrected chi connectivity index (χ3v) is 4.39. The van der Waals surface area contributed by atoms with E-state index in [1.54, 1.807) is 18.2 Å². The third kappa shape index (κ3) is 3.86. The molecule has 4 nitrogen and oxygen atoms in total. The molecule has 0 spiro atoms. The van der Waals surface area contributed by atoms with Crippen LogP contribution in [0.4, 0.5) is 5.69 Å². The first kappa shape index (κ1) is 16.0. The minimum Gasteiger partial charge on any atom is -0.478 e. The number of nitrogens with zero attached hydrogens (tertiary/aromatic N) is 1. The van der Waals surface area contributed by atoms with Gasteiger partial charge in [-0.2, -0.15) is 0 Å². The first-order valence-corrected chi connectivity index (χ1v) is 7.77. The van der Waals surface area contributed by atoms with Gasteiger partial charge in [0.25, 0.3) is 0 Å². The van der Waals surface area contributed by atoms with Crippen LogP contribution >= 0.6 is 15.9 Å². The molecule has 0 bridgehead atoms. The monoisotopic (exact) mass is 353 g/mol. The Balaban J connectivity index is 2.13. The molecule has 1 N–H and O–H groups in total. The summed E-state index contributed by atoms with van der Waals surface area (Å²) >= 11 is 3.41. The van der Waals surface area contributed by atoms with Crippen molar-refractivity contribution < 1.29 is 14.6 Å². The third-order valence-electron chi connectivity index (χ3n) is 3.90. The van der Waals surface area contributed by atoms with Crippen LogP contribution in [0.3, 0.4) is 0 Å². The molecule has 0 amide bonds. The van der Waals surface area contributed by atoms with Gasteiger partial charge in [-0.3, -0.25) is 0 Å². The summed E-state index contributed by atoms with van der Waals surface area (Å²) in [6, 6.07) is 5.27. The summed E-state index contributed by atoms with van der Waals surface area (Å²) in [5.41, 5.74) is 0.955. The number of anilines is 1. The number of ether oxygens (including phenoxy) is 1. The lowest BCUT2D eigenvalue weighted by molar-refractivity contribution is -0.0334. The van der Waals surface area contributed by atoms with Crippen molar-refractivity contribution >= 4 is 27.6 Å². The number of carboxylic acids is 1. The van der Waals surface area contributed by atoms with E-state index in [1.165, 1.54) is 0 Å². The molecule has 21 heavy (non-hydrogen) atoms. The van der Waals surface area contributed by atoms with Crippen molar-refractivity contribution in [2.24, 2.45) is 0 Å². The molecule has 1 aliphatic rings. The standard InChI is InChI=1S/C16H20BrNO3/c1-3-10-21-16(2)6-8-18(9-7-16)14-11-12(17)4-5-13(14)15(19)20/h3-5,11H,1,6-10H2,2H3,(H,19,20). The molecule has 1 aromatic carbocycles. The van der Waals surface area contributed by atoms with E-state index in [2.05, 4.69) is 34.3 Å². The molecule has 0 atom stereocenters. The highest BCUT2D eigenvalue weighted by Crippen LogP contribution is 2.32. The average Bonchev–Trinajstić information content (AvgIpc) is 2.45. The lowest BCUT2D eigenvalue weighted by atomic mass is 9.92. The molecular weight excluding hydrogens is 334 g/mol. The largest absolute Gasteiger partial charge is 0.478 e. The number of rotatable bonds is 5. The van der Waals surface area contributed by atoms with Gasteiger partial charge in [0.05, 0.1) is 23.5 Å². The van der Waals surface area contributed by atoms with Crippen LogP contribution in [0.15, 0.2) is 35.3 Å². The Morgan fingerprint density at radius 2 is 2.19 bits per heavy atom. The molecule has 5 heteroatoms. The van der Waals surface area contributed by atoms with Crippen molar-refractivity contribution in [2.45, 2.75) is 25.4 Å². The van der Waals surface area contributed by atoms with E-state index in [4.69, 9.17) is 4.74 Å². The van der Waals surface area contributed by atoms with Crippen molar-refractivity contribution in [3.05, 3.63) is 40.9 Å². The molecule has 0 radical (unpaired) electrons. The first-order chi connectivity index (χ1) is 9.95.